The van der Waals surface area contributed by atoms with E-state index in [0.717, 1.165) is 13.0 Å². The quantitative estimate of drug-likeness (QED) is 0.591. The van der Waals surface area contributed by atoms with E-state index >= 15 is 0 Å². The summed E-state index contributed by atoms with van der Waals surface area (Å²) in [5.74, 6) is -0.210. The van der Waals surface area contributed by atoms with Crippen molar-refractivity contribution in [3.05, 3.63) is 30.1 Å². The summed E-state index contributed by atoms with van der Waals surface area (Å²) < 4.78 is 18.8. The summed E-state index contributed by atoms with van der Waals surface area (Å²) in [4.78, 5) is 0. The Morgan fingerprint density at radius 2 is 1.74 bits per heavy atom. The summed E-state index contributed by atoms with van der Waals surface area (Å²) in [5.41, 5.74) is 0.547. The van der Waals surface area contributed by atoms with E-state index in [4.69, 9.17) is 4.74 Å². The molecule has 1 N–H and O–H groups in total. The topological polar surface area (TPSA) is 21.3 Å². The van der Waals surface area contributed by atoms with Gasteiger partial charge < -0.3 is 10.1 Å². The normalized spacial score (nSPS) is 10.6. The molecule has 0 bridgehead atoms. The summed E-state index contributed by atoms with van der Waals surface area (Å²) in [6.07, 6.45) is 7.66. The van der Waals surface area contributed by atoms with Crippen molar-refractivity contribution < 1.29 is 9.13 Å². The number of ether oxygens (including phenoxy) is 1. The smallest absolute Gasteiger partial charge is 0.146 e. The van der Waals surface area contributed by atoms with Crippen molar-refractivity contribution in [2.75, 3.05) is 25.1 Å². The molecule has 0 atom stereocenters. The molecule has 0 aromatic heterocycles. The number of anilines is 1. The van der Waals surface area contributed by atoms with Gasteiger partial charge in [0.1, 0.15) is 5.82 Å². The van der Waals surface area contributed by atoms with Crippen LogP contribution in [0.2, 0.25) is 0 Å². The van der Waals surface area contributed by atoms with Gasteiger partial charge in [-0.05, 0) is 18.6 Å². The predicted octanol–water partition coefficient (Wildman–Crippen LogP) is 4.61. The molecule has 1 rings (SSSR count). The van der Waals surface area contributed by atoms with Gasteiger partial charge in [0.25, 0.3) is 0 Å². The van der Waals surface area contributed by atoms with Gasteiger partial charge in [-0.3, -0.25) is 0 Å². The standard InChI is InChI=1S/C16H26FNO/c1-2-3-4-5-6-9-13-19-14-12-18-16-11-8-7-10-15(16)17/h7-8,10-11,18H,2-6,9,12-14H2,1H3. The second-order valence-electron chi connectivity index (χ2n) is 4.79. The van der Waals surface area contributed by atoms with Crippen LogP contribution in [-0.4, -0.2) is 19.8 Å². The highest BCUT2D eigenvalue weighted by molar-refractivity contribution is 5.44. The third-order valence-corrected chi connectivity index (χ3v) is 3.08. The van der Waals surface area contributed by atoms with Crippen molar-refractivity contribution in [2.24, 2.45) is 0 Å². The van der Waals surface area contributed by atoms with E-state index in [0.29, 0.717) is 18.8 Å². The highest BCUT2D eigenvalue weighted by Gasteiger charge is 1.98. The van der Waals surface area contributed by atoms with Gasteiger partial charge in [0.05, 0.1) is 12.3 Å². The fraction of sp³-hybridized carbons (Fsp3) is 0.625. The highest BCUT2D eigenvalue weighted by Crippen LogP contribution is 2.11. The van der Waals surface area contributed by atoms with E-state index in [-0.39, 0.29) is 5.82 Å². The zero-order valence-electron chi connectivity index (χ0n) is 12.0. The lowest BCUT2D eigenvalue weighted by atomic mass is 10.1. The Kier molecular flexibility index (Phi) is 9.07. The van der Waals surface area contributed by atoms with Gasteiger partial charge in [-0.25, -0.2) is 4.39 Å². The first-order valence-electron chi connectivity index (χ1n) is 7.40. The fourth-order valence-electron chi connectivity index (χ4n) is 1.95. The summed E-state index contributed by atoms with van der Waals surface area (Å²) in [6, 6.07) is 6.71. The number of unbranched alkanes of at least 4 members (excludes halogenated alkanes) is 5. The SMILES string of the molecule is CCCCCCCCOCCNc1ccccc1F. The van der Waals surface area contributed by atoms with Crippen LogP contribution in [0.25, 0.3) is 0 Å². The number of hydrogen-bond acceptors (Lipinski definition) is 2. The van der Waals surface area contributed by atoms with Crippen LogP contribution in [0.15, 0.2) is 24.3 Å². The Hall–Kier alpha value is -1.09. The Morgan fingerprint density at radius 1 is 1.00 bits per heavy atom. The Bertz CT molecular complexity index is 330. The first-order chi connectivity index (χ1) is 9.34. The van der Waals surface area contributed by atoms with Crippen molar-refractivity contribution >= 4 is 5.69 Å². The molecule has 0 saturated carbocycles. The first kappa shape index (κ1) is 16.0. The molecule has 0 aliphatic rings. The van der Waals surface area contributed by atoms with Gasteiger partial charge in [0.15, 0.2) is 0 Å². The van der Waals surface area contributed by atoms with Crippen LogP contribution in [0.4, 0.5) is 10.1 Å². The van der Waals surface area contributed by atoms with Crippen molar-refractivity contribution in [3.8, 4) is 0 Å². The minimum atomic E-state index is -0.210. The van der Waals surface area contributed by atoms with Crippen LogP contribution in [0.1, 0.15) is 45.4 Å². The van der Waals surface area contributed by atoms with E-state index in [1.54, 1.807) is 12.1 Å². The molecule has 0 spiro atoms. The first-order valence-corrected chi connectivity index (χ1v) is 7.40. The van der Waals surface area contributed by atoms with Crippen LogP contribution >= 0.6 is 0 Å². The number of rotatable bonds is 11. The lowest BCUT2D eigenvalue weighted by Gasteiger charge is -2.08. The Labute approximate surface area is 116 Å². The Balaban J connectivity index is 1.90. The van der Waals surface area contributed by atoms with E-state index in [1.807, 2.05) is 6.07 Å². The number of hydrogen-bond donors (Lipinski definition) is 1. The monoisotopic (exact) mass is 267 g/mol. The van der Waals surface area contributed by atoms with Crippen LogP contribution in [0.3, 0.4) is 0 Å². The van der Waals surface area contributed by atoms with Gasteiger partial charge in [0, 0.05) is 13.2 Å². The van der Waals surface area contributed by atoms with E-state index in [1.165, 1.54) is 38.2 Å². The molecule has 0 saturated heterocycles. The fourth-order valence-corrected chi connectivity index (χ4v) is 1.95. The zero-order chi connectivity index (χ0) is 13.8. The van der Waals surface area contributed by atoms with Crippen LogP contribution in [-0.2, 0) is 4.74 Å². The second kappa shape index (κ2) is 10.8. The number of para-hydroxylation sites is 1. The molecule has 0 aliphatic carbocycles. The molecule has 108 valence electrons. The third-order valence-electron chi connectivity index (χ3n) is 3.08. The molecule has 1 aromatic rings. The van der Waals surface area contributed by atoms with Crippen molar-refractivity contribution in [2.45, 2.75) is 45.4 Å². The van der Waals surface area contributed by atoms with Gasteiger partial charge in [-0.2, -0.15) is 0 Å². The summed E-state index contributed by atoms with van der Waals surface area (Å²) >= 11 is 0. The Morgan fingerprint density at radius 3 is 2.53 bits per heavy atom. The van der Waals surface area contributed by atoms with E-state index in [9.17, 15) is 4.39 Å². The molecule has 0 aliphatic heterocycles. The molecular weight excluding hydrogens is 241 g/mol. The molecular formula is C16H26FNO. The summed E-state index contributed by atoms with van der Waals surface area (Å²) in [6.45, 7) is 4.32. The van der Waals surface area contributed by atoms with Gasteiger partial charge >= 0.3 is 0 Å². The maximum Gasteiger partial charge on any atom is 0.146 e. The minimum Gasteiger partial charge on any atom is -0.380 e. The minimum absolute atomic E-state index is 0.210. The van der Waals surface area contributed by atoms with Gasteiger partial charge in [0.2, 0.25) is 0 Å². The van der Waals surface area contributed by atoms with Crippen LogP contribution < -0.4 is 5.32 Å². The summed E-state index contributed by atoms with van der Waals surface area (Å²) in [5, 5.41) is 3.03. The zero-order valence-corrected chi connectivity index (χ0v) is 12.0. The number of halogens is 1. The summed E-state index contributed by atoms with van der Waals surface area (Å²) in [7, 11) is 0. The van der Waals surface area contributed by atoms with E-state index < -0.39 is 0 Å². The molecule has 0 radical (unpaired) electrons. The van der Waals surface area contributed by atoms with Crippen LogP contribution in [0.5, 0.6) is 0 Å². The van der Waals surface area contributed by atoms with E-state index in [2.05, 4.69) is 12.2 Å². The highest BCUT2D eigenvalue weighted by atomic mass is 19.1. The number of nitrogens with one attached hydrogen (secondary N) is 1. The van der Waals surface area contributed by atoms with Crippen molar-refractivity contribution in [1.82, 2.24) is 0 Å². The average molecular weight is 267 g/mol. The molecule has 0 fully saturated rings. The lowest BCUT2D eigenvalue weighted by Crippen LogP contribution is -2.10. The van der Waals surface area contributed by atoms with Crippen molar-refractivity contribution in [3.63, 3.8) is 0 Å². The molecule has 0 heterocycles. The molecule has 0 unspecified atom stereocenters. The van der Waals surface area contributed by atoms with Crippen molar-refractivity contribution in [1.29, 1.82) is 0 Å². The predicted molar refractivity (Wildman–Crippen MR) is 79.1 cm³/mol. The van der Waals surface area contributed by atoms with Crippen LogP contribution in [0, 0.1) is 5.82 Å². The molecule has 0 amide bonds. The molecule has 1 aromatic carbocycles. The lowest BCUT2D eigenvalue weighted by molar-refractivity contribution is 0.139. The molecule has 19 heavy (non-hydrogen) atoms. The molecule has 3 heteroatoms. The maximum atomic E-state index is 13.3. The average Bonchev–Trinajstić information content (AvgIpc) is 2.43. The molecule has 2 nitrogen and oxygen atoms in total. The number of benzene rings is 1. The maximum absolute atomic E-state index is 13.3. The second-order valence-corrected chi connectivity index (χ2v) is 4.79. The third kappa shape index (κ3) is 7.83. The van der Waals surface area contributed by atoms with Gasteiger partial charge in [-0.1, -0.05) is 51.2 Å². The largest absolute Gasteiger partial charge is 0.380 e. The van der Waals surface area contributed by atoms with Gasteiger partial charge in [-0.15, -0.1) is 0 Å².